The first-order valence-electron chi connectivity index (χ1n) is 9.20. The zero-order valence-corrected chi connectivity index (χ0v) is 15.7. The van der Waals surface area contributed by atoms with Crippen molar-refractivity contribution in [2.75, 3.05) is 0 Å². The molecule has 0 saturated heterocycles. The van der Waals surface area contributed by atoms with E-state index in [1.807, 2.05) is 34.6 Å². The van der Waals surface area contributed by atoms with Gasteiger partial charge >= 0.3 is 11.9 Å². The average Bonchev–Trinajstić information content (AvgIpc) is 2.46. The lowest BCUT2D eigenvalue weighted by Crippen LogP contribution is -2.53. The van der Waals surface area contributed by atoms with Crippen molar-refractivity contribution >= 4 is 11.9 Å². The van der Waals surface area contributed by atoms with Gasteiger partial charge in [0, 0.05) is 0 Å². The maximum absolute atomic E-state index is 12.4. The Morgan fingerprint density at radius 3 is 1.52 bits per heavy atom. The van der Waals surface area contributed by atoms with Crippen LogP contribution in [0.25, 0.3) is 0 Å². The first kappa shape index (κ1) is 21.9. The third-order valence-electron chi connectivity index (χ3n) is 5.08. The highest BCUT2D eigenvalue weighted by Gasteiger charge is 2.59. The van der Waals surface area contributed by atoms with Gasteiger partial charge in [0.25, 0.3) is 0 Å². The highest BCUT2D eigenvalue weighted by Crippen LogP contribution is 2.54. The van der Waals surface area contributed by atoms with Crippen LogP contribution in [0.4, 0.5) is 0 Å². The van der Waals surface area contributed by atoms with E-state index in [-0.39, 0.29) is 5.92 Å². The van der Waals surface area contributed by atoms with Gasteiger partial charge in [-0.15, -0.1) is 0 Å². The lowest BCUT2D eigenvalue weighted by atomic mass is 9.54. The van der Waals surface area contributed by atoms with Crippen LogP contribution < -0.4 is 0 Å². The molecule has 0 heterocycles. The van der Waals surface area contributed by atoms with Gasteiger partial charge in [0.15, 0.2) is 0 Å². The Labute approximate surface area is 141 Å². The van der Waals surface area contributed by atoms with Crippen molar-refractivity contribution in [3.63, 3.8) is 0 Å². The largest absolute Gasteiger partial charge is 0.481 e. The molecule has 0 aliphatic rings. The summed E-state index contributed by atoms with van der Waals surface area (Å²) in [6.45, 7) is 9.97. The number of hydrogen-bond acceptors (Lipinski definition) is 2. The molecule has 4 nitrogen and oxygen atoms in total. The van der Waals surface area contributed by atoms with Crippen molar-refractivity contribution in [2.45, 2.75) is 92.4 Å². The van der Waals surface area contributed by atoms with Crippen LogP contribution in [-0.4, -0.2) is 22.2 Å². The molecule has 0 spiro atoms. The van der Waals surface area contributed by atoms with Crippen molar-refractivity contribution in [2.24, 2.45) is 16.7 Å². The number of unbranched alkanes of at least 4 members (excludes halogenated alkanes) is 2. The van der Waals surface area contributed by atoms with Gasteiger partial charge in [-0.1, -0.05) is 66.7 Å². The van der Waals surface area contributed by atoms with Crippen LogP contribution in [0, 0.1) is 16.7 Å². The van der Waals surface area contributed by atoms with Gasteiger partial charge in [-0.2, -0.15) is 0 Å². The highest BCUT2D eigenvalue weighted by molar-refractivity contribution is 5.86. The lowest BCUT2D eigenvalue weighted by molar-refractivity contribution is -0.180. The Hall–Kier alpha value is -1.06. The first-order chi connectivity index (χ1) is 10.7. The number of carboxylic acid groups (broad SMARTS) is 2. The van der Waals surface area contributed by atoms with E-state index in [0.29, 0.717) is 32.1 Å². The molecule has 2 N–H and O–H groups in total. The van der Waals surface area contributed by atoms with E-state index in [9.17, 15) is 19.8 Å². The van der Waals surface area contributed by atoms with Crippen LogP contribution in [0.2, 0.25) is 0 Å². The van der Waals surface area contributed by atoms with Crippen molar-refractivity contribution in [3.8, 4) is 0 Å². The van der Waals surface area contributed by atoms with Crippen molar-refractivity contribution < 1.29 is 19.8 Å². The monoisotopic (exact) mass is 328 g/mol. The number of carboxylic acids is 2. The van der Waals surface area contributed by atoms with E-state index in [1.54, 1.807) is 0 Å². The van der Waals surface area contributed by atoms with E-state index in [1.165, 1.54) is 0 Å². The molecule has 0 aromatic carbocycles. The molecule has 0 aliphatic carbocycles. The Morgan fingerprint density at radius 1 is 0.783 bits per heavy atom. The summed E-state index contributed by atoms with van der Waals surface area (Å²) in [4.78, 5) is 24.7. The second-order valence-electron chi connectivity index (χ2n) is 7.33. The van der Waals surface area contributed by atoms with Gasteiger partial charge in [-0.25, -0.2) is 0 Å². The molecule has 2 atom stereocenters. The van der Waals surface area contributed by atoms with E-state index < -0.39 is 22.8 Å². The first-order valence-corrected chi connectivity index (χ1v) is 9.20. The third-order valence-corrected chi connectivity index (χ3v) is 5.08. The molecule has 0 aliphatic heterocycles. The fourth-order valence-corrected chi connectivity index (χ4v) is 4.04. The smallest absolute Gasteiger partial charge is 0.310 e. The predicted molar refractivity (Wildman–Crippen MR) is 93.6 cm³/mol. The normalized spacial score (nSPS) is 16.8. The van der Waals surface area contributed by atoms with E-state index in [2.05, 4.69) is 0 Å². The van der Waals surface area contributed by atoms with E-state index in [4.69, 9.17) is 0 Å². The molecule has 0 rings (SSSR count). The molecule has 0 bridgehead atoms. The standard InChI is InChI=1S/C19H36O4/c1-6-9-12-18(11-8-3,16(20)21)19(17(22)23,13-10-7-2)14-15(4)5/h15H,6-14H2,1-5H3,(H,20,21)(H,22,23). The zero-order valence-electron chi connectivity index (χ0n) is 15.7. The van der Waals surface area contributed by atoms with Crippen molar-refractivity contribution in [1.82, 2.24) is 0 Å². The minimum absolute atomic E-state index is 0.153. The molecule has 0 saturated carbocycles. The Bertz CT molecular complexity index is 378. The number of aliphatic carboxylic acids is 2. The average molecular weight is 328 g/mol. The minimum atomic E-state index is -1.17. The third kappa shape index (κ3) is 4.95. The van der Waals surface area contributed by atoms with E-state index in [0.717, 1.165) is 25.7 Å². The molecule has 0 amide bonds. The van der Waals surface area contributed by atoms with Crippen molar-refractivity contribution in [3.05, 3.63) is 0 Å². The Kier molecular flexibility index (Phi) is 9.48. The van der Waals surface area contributed by atoms with Crippen LogP contribution in [0.5, 0.6) is 0 Å². The van der Waals surface area contributed by atoms with Gasteiger partial charge in [0.2, 0.25) is 0 Å². The molecular weight excluding hydrogens is 292 g/mol. The second kappa shape index (κ2) is 9.94. The molecule has 0 fully saturated rings. The maximum Gasteiger partial charge on any atom is 0.310 e. The minimum Gasteiger partial charge on any atom is -0.481 e. The lowest BCUT2D eigenvalue weighted by Gasteiger charge is -2.46. The summed E-state index contributed by atoms with van der Waals surface area (Å²) in [6.07, 6.45) is 5.73. The zero-order chi connectivity index (χ0) is 18.1. The van der Waals surface area contributed by atoms with Crippen LogP contribution in [0.1, 0.15) is 92.4 Å². The van der Waals surface area contributed by atoms with Crippen LogP contribution in [0.3, 0.4) is 0 Å². The summed E-state index contributed by atoms with van der Waals surface area (Å²) in [5, 5.41) is 20.3. The molecule has 2 unspecified atom stereocenters. The quantitative estimate of drug-likeness (QED) is 0.477. The number of hydrogen-bond donors (Lipinski definition) is 2. The molecule has 0 radical (unpaired) electrons. The summed E-state index contributed by atoms with van der Waals surface area (Å²) >= 11 is 0. The van der Waals surface area contributed by atoms with Gasteiger partial charge in [-0.3, -0.25) is 9.59 Å². The van der Waals surface area contributed by atoms with Gasteiger partial charge in [-0.05, 0) is 31.6 Å². The highest BCUT2D eigenvalue weighted by atomic mass is 16.4. The SMILES string of the molecule is CCCCC(CCC)(C(=O)O)C(CCCC)(CC(C)C)C(=O)O. The molecular formula is C19H36O4. The second-order valence-corrected chi connectivity index (χ2v) is 7.33. The van der Waals surface area contributed by atoms with Crippen LogP contribution in [0.15, 0.2) is 0 Å². The Balaban J connectivity index is 6.21. The topological polar surface area (TPSA) is 74.6 Å². The van der Waals surface area contributed by atoms with Gasteiger partial charge in [0.05, 0.1) is 10.8 Å². The number of rotatable bonds is 13. The van der Waals surface area contributed by atoms with Gasteiger partial charge < -0.3 is 10.2 Å². The molecule has 23 heavy (non-hydrogen) atoms. The summed E-state index contributed by atoms with van der Waals surface area (Å²) in [6, 6.07) is 0. The molecule has 4 heteroatoms. The maximum atomic E-state index is 12.4. The van der Waals surface area contributed by atoms with Crippen LogP contribution >= 0.6 is 0 Å². The molecule has 136 valence electrons. The predicted octanol–water partition coefficient (Wildman–Crippen LogP) is 5.36. The Morgan fingerprint density at radius 2 is 1.22 bits per heavy atom. The number of carbonyl (C=O) groups is 2. The molecule has 0 aromatic heterocycles. The molecule has 0 aromatic rings. The van der Waals surface area contributed by atoms with Gasteiger partial charge in [0.1, 0.15) is 0 Å². The summed E-state index contributed by atoms with van der Waals surface area (Å²) in [5.41, 5.74) is -2.34. The van der Waals surface area contributed by atoms with Crippen LogP contribution in [-0.2, 0) is 9.59 Å². The summed E-state index contributed by atoms with van der Waals surface area (Å²) < 4.78 is 0. The van der Waals surface area contributed by atoms with E-state index >= 15 is 0 Å². The summed E-state index contributed by atoms with van der Waals surface area (Å²) in [7, 11) is 0. The fourth-order valence-electron chi connectivity index (χ4n) is 4.04. The summed E-state index contributed by atoms with van der Waals surface area (Å²) in [5.74, 6) is -1.70. The fraction of sp³-hybridized carbons (Fsp3) is 0.895. The van der Waals surface area contributed by atoms with Crippen molar-refractivity contribution in [1.29, 1.82) is 0 Å².